The molecule has 0 spiro atoms. The Morgan fingerprint density at radius 1 is 0.897 bits per heavy atom. The fraction of sp³-hybridized carbons (Fsp3) is 0.125. The van der Waals surface area contributed by atoms with Gasteiger partial charge in [0.25, 0.3) is 5.91 Å². The first-order chi connectivity index (χ1) is 14.0. The zero-order valence-corrected chi connectivity index (χ0v) is 17.1. The van der Waals surface area contributed by atoms with E-state index in [0.717, 1.165) is 20.8 Å². The Morgan fingerprint density at radius 3 is 2.28 bits per heavy atom. The number of hydrogen-bond acceptors (Lipinski definition) is 4. The van der Waals surface area contributed by atoms with E-state index in [9.17, 15) is 9.59 Å². The lowest BCUT2D eigenvalue weighted by Crippen LogP contribution is -2.27. The van der Waals surface area contributed by atoms with Crippen molar-refractivity contribution in [3.05, 3.63) is 100 Å². The van der Waals surface area contributed by atoms with Crippen molar-refractivity contribution in [3.63, 3.8) is 0 Å². The van der Waals surface area contributed by atoms with E-state index in [1.165, 1.54) is 0 Å². The van der Waals surface area contributed by atoms with E-state index in [0.29, 0.717) is 23.2 Å². The molecular weight excluding hydrogens is 380 g/mol. The van der Waals surface area contributed by atoms with Gasteiger partial charge in [0.05, 0.1) is 22.3 Å². The van der Waals surface area contributed by atoms with Gasteiger partial charge in [-0.3, -0.25) is 9.59 Å². The minimum Gasteiger partial charge on any atom is -0.335 e. The second kappa shape index (κ2) is 7.97. The second-order valence-corrected chi connectivity index (χ2v) is 8.09. The molecule has 1 aromatic heterocycles. The number of rotatable bonds is 5. The Hall–Kier alpha value is -3.31. The van der Waals surface area contributed by atoms with Crippen molar-refractivity contribution < 1.29 is 9.59 Å². The molecule has 0 saturated carbocycles. The zero-order chi connectivity index (χ0) is 20.4. The fourth-order valence-electron chi connectivity index (χ4n) is 3.20. The van der Waals surface area contributed by atoms with E-state index in [1.54, 1.807) is 59.7 Å². The molecule has 0 aliphatic carbocycles. The average Bonchev–Trinajstić information content (AvgIpc) is 3.15. The molecule has 5 heteroatoms. The van der Waals surface area contributed by atoms with Gasteiger partial charge in [-0.25, -0.2) is 4.98 Å². The van der Waals surface area contributed by atoms with E-state index in [4.69, 9.17) is 0 Å². The highest BCUT2D eigenvalue weighted by molar-refractivity contribution is 7.18. The second-order valence-electron chi connectivity index (χ2n) is 6.98. The summed E-state index contributed by atoms with van der Waals surface area (Å²) in [6.07, 6.45) is 0. The summed E-state index contributed by atoms with van der Waals surface area (Å²) < 4.78 is 1.10. The van der Waals surface area contributed by atoms with Gasteiger partial charge in [-0.05, 0) is 25.1 Å². The number of carbonyl (C=O) groups excluding carboxylic acids is 2. The summed E-state index contributed by atoms with van der Waals surface area (Å²) in [6, 6.07) is 22.3. The highest BCUT2D eigenvalue weighted by atomic mass is 32.1. The molecule has 3 aromatic carbocycles. The Kier molecular flexibility index (Phi) is 5.23. The first kappa shape index (κ1) is 19.0. The topological polar surface area (TPSA) is 50.3 Å². The number of ketones is 1. The maximum Gasteiger partial charge on any atom is 0.254 e. The molecule has 4 rings (SSSR count). The van der Waals surface area contributed by atoms with Crippen LogP contribution in [0.3, 0.4) is 0 Å². The number of carbonyl (C=O) groups is 2. The fourth-order valence-corrected chi connectivity index (χ4v) is 4.22. The van der Waals surface area contributed by atoms with Crippen molar-refractivity contribution in [3.8, 4) is 0 Å². The van der Waals surface area contributed by atoms with E-state index >= 15 is 0 Å². The standard InChI is InChI=1S/C24H20N2O2S/c1-16-11-13-17(14-12-16)23(27)18-7-3-4-8-19(18)24(28)26(2)15-22-25-20-9-5-6-10-21(20)29-22/h3-14H,15H2,1-2H3. The average molecular weight is 401 g/mol. The van der Waals surface area contributed by atoms with Crippen LogP contribution in [0.5, 0.6) is 0 Å². The maximum absolute atomic E-state index is 13.1. The molecular formula is C24H20N2O2S. The van der Waals surface area contributed by atoms with Crippen LogP contribution in [0.25, 0.3) is 10.2 Å². The molecule has 0 N–H and O–H groups in total. The van der Waals surface area contributed by atoms with E-state index in [-0.39, 0.29) is 11.7 Å². The van der Waals surface area contributed by atoms with Crippen molar-refractivity contribution in [2.24, 2.45) is 0 Å². The third kappa shape index (κ3) is 3.96. The van der Waals surface area contributed by atoms with Gasteiger partial charge in [0.15, 0.2) is 5.78 Å². The van der Waals surface area contributed by atoms with Crippen molar-refractivity contribution in [2.75, 3.05) is 7.05 Å². The molecule has 4 nitrogen and oxygen atoms in total. The Bertz CT molecular complexity index is 1160. The predicted octanol–water partition coefficient (Wildman–Crippen LogP) is 5.11. The lowest BCUT2D eigenvalue weighted by molar-refractivity contribution is 0.0780. The molecule has 4 aromatic rings. The van der Waals surface area contributed by atoms with Crippen LogP contribution in [-0.4, -0.2) is 28.6 Å². The van der Waals surface area contributed by atoms with E-state index < -0.39 is 0 Å². The molecule has 0 atom stereocenters. The van der Waals surface area contributed by atoms with Gasteiger partial charge in [-0.1, -0.05) is 60.2 Å². The number of fused-ring (bicyclic) bond motifs is 1. The van der Waals surface area contributed by atoms with Gasteiger partial charge in [0.1, 0.15) is 5.01 Å². The summed E-state index contributed by atoms with van der Waals surface area (Å²) in [7, 11) is 1.74. The number of benzene rings is 3. The summed E-state index contributed by atoms with van der Waals surface area (Å²) in [5, 5.41) is 0.865. The Balaban J connectivity index is 1.59. The summed E-state index contributed by atoms with van der Waals surface area (Å²) in [4.78, 5) is 32.3. The van der Waals surface area contributed by atoms with Crippen LogP contribution in [-0.2, 0) is 6.54 Å². The van der Waals surface area contributed by atoms with Crippen molar-refractivity contribution in [1.82, 2.24) is 9.88 Å². The highest BCUT2D eigenvalue weighted by Crippen LogP contribution is 2.23. The molecule has 0 radical (unpaired) electrons. The third-order valence-corrected chi connectivity index (χ3v) is 5.79. The van der Waals surface area contributed by atoms with Gasteiger partial charge in [0, 0.05) is 18.2 Å². The van der Waals surface area contributed by atoms with Gasteiger partial charge in [0.2, 0.25) is 0 Å². The normalized spacial score (nSPS) is 10.8. The minimum atomic E-state index is -0.194. The SMILES string of the molecule is Cc1ccc(C(=O)c2ccccc2C(=O)N(C)Cc2nc3ccccc3s2)cc1. The molecule has 0 bridgehead atoms. The number of nitrogens with zero attached hydrogens (tertiary/aromatic N) is 2. The molecule has 0 saturated heterocycles. The monoisotopic (exact) mass is 400 g/mol. The van der Waals surface area contributed by atoms with Crippen LogP contribution in [0.4, 0.5) is 0 Å². The van der Waals surface area contributed by atoms with E-state index in [1.807, 2.05) is 43.3 Å². The zero-order valence-electron chi connectivity index (χ0n) is 16.3. The van der Waals surface area contributed by atoms with Crippen LogP contribution < -0.4 is 0 Å². The van der Waals surface area contributed by atoms with Gasteiger partial charge >= 0.3 is 0 Å². The van der Waals surface area contributed by atoms with Crippen LogP contribution in [0, 0.1) is 6.92 Å². The van der Waals surface area contributed by atoms with Crippen molar-refractivity contribution in [1.29, 1.82) is 0 Å². The van der Waals surface area contributed by atoms with Crippen molar-refractivity contribution >= 4 is 33.2 Å². The lowest BCUT2D eigenvalue weighted by atomic mass is 9.97. The molecule has 0 fully saturated rings. The highest BCUT2D eigenvalue weighted by Gasteiger charge is 2.21. The quantitative estimate of drug-likeness (QED) is 0.438. The molecule has 0 unspecified atom stereocenters. The van der Waals surface area contributed by atoms with Crippen LogP contribution in [0.1, 0.15) is 36.9 Å². The van der Waals surface area contributed by atoms with E-state index in [2.05, 4.69) is 4.98 Å². The molecule has 1 heterocycles. The van der Waals surface area contributed by atoms with Crippen LogP contribution in [0.15, 0.2) is 72.8 Å². The third-order valence-electron chi connectivity index (χ3n) is 4.77. The number of para-hydroxylation sites is 1. The lowest BCUT2D eigenvalue weighted by Gasteiger charge is -2.17. The van der Waals surface area contributed by atoms with Crippen LogP contribution in [0.2, 0.25) is 0 Å². The summed E-state index contributed by atoms with van der Waals surface area (Å²) in [6.45, 7) is 2.37. The Labute approximate surface area is 173 Å². The number of amides is 1. The maximum atomic E-state index is 13.1. The first-order valence-corrected chi connectivity index (χ1v) is 10.1. The van der Waals surface area contributed by atoms with Gasteiger partial charge in [-0.15, -0.1) is 11.3 Å². The number of thiazole rings is 1. The molecule has 0 aliphatic rings. The summed E-state index contributed by atoms with van der Waals surface area (Å²) in [5.41, 5.74) is 3.41. The van der Waals surface area contributed by atoms with Crippen molar-refractivity contribution in [2.45, 2.75) is 13.5 Å². The predicted molar refractivity (Wildman–Crippen MR) is 116 cm³/mol. The van der Waals surface area contributed by atoms with Gasteiger partial charge < -0.3 is 4.90 Å². The molecule has 29 heavy (non-hydrogen) atoms. The Morgan fingerprint density at radius 2 is 1.55 bits per heavy atom. The minimum absolute atomic E-state index is 0.151. The number of aryl methyl sites for hydroxylation is 1. The van der Waals surface area contributed by atoms with Crippen LogP contribution >= 0.6 is 11.3 Å². The smallest absolute Gasteiger partial charge is 0.254 e. The number of aromatic nitrogens is 1. The first-order valence-electron chi connectivity index (χ1n) is 9.33. The summed E-state index contributed by atoms with van der Waals surface area (Å²) >= 11 is 1.57. The number of hydrogen-bond donors (Lipinski definition) is 0. The molecule has 144 valence electrons. The molecule has 0 aliphatic heterocycles. The van der Waals surface area contributed by atoms with Gasteiger partial charge in [-0.2, -0.15) is 0 Å². The molecule has 1 amide bonds. The summed E-state index contributed by atoms with van der Waals surface area (Å²) in [5.74, 6) is -0.345. The largest absolute Gasteiger partial charge is 0.335 e.